The Kier molecular flexibility index (Phi) is 5.41. The molecule has 0 saturated carbocycles. The minimum atomic E-state index is -1.06. The second kappa shape index (κ2) is 7.49. The molecule has 0 aliphatic heterocycles. The summed E-state index contributed by atoms with van der Waals surface area (Å²) in [6.45, 7) is 2.28. The number of nitro benzene ring substituents is 1. The maximum atomic E-state index is 13.6. The smallest absolute Gasteiger partial charge is 0.296 e. The van der Waals surface area contributed by atoms with Gasteiger partial charge in [0.2, 0.25) is 0 Å². The number of rotatable bonds is 6. The average molecular weight is 336 g/mol. The van der Waals surface area contributed by atoms with Gasteiger partial charge in [0, 0.05) is 6.07 Å². The summed E-state index contributed by atoms with van der Waals surface area (Å²) < 4.78 is 31.8. The lowest BCUT2D eigenvalue weighted by molar-refractivity contribution is -0.384. The van der Waals surface area contributed by atoms with Crippen molar-refractivity contribution in [1.29, 1.82) is 0 Å². The highest BCUT2D eigenvalue weighted by Crippen LogP contribution is 2.29. The lowest BCUT2D eigenvalue weighted by Gasteiger charge is -2.09. The van der Waals surface area contributed by atoms with E-state index in [1.807, 2.05) is 6.92 Å². The van der Waals surface area contributed by atoms with Gasteiger partial charge in [-0.15, -0.1) is 0 Å². The topological polar surface area (TPSA) is 81.5 Å². The first-order valence-electron chi connectivity index (χ1n) is 7.10. The van der Waals surface area contributed by atoms with E-state index in [1.165, 1.54) is 18.2 Å². The van der Waals surface area contributed by atoms with Gasteiger partial charge in [0.25, 0.3) is 11.6 Å². The third-order valence-corrected chi connectivity index (χ3v) is 3.06. The van der Waals surface area contributed by atoms with Crippen molar-refractivity contribution in [1.82, 2.24) is 0 Å². The summed E-state index contributed by atoms with van der Waals surface area (Å²) in [5.41, 5.74) is -0.922. The molecule has 0 bridgehead atoms. The van der Waals surface area contributed by atoms with Crippen LogP contribution in [0, 0.1) is 21.7 Å². The highest BCUT2D eigenvalue weighted by Gasteiger charge is 2.20. The molecule has 0 aliphatic rings. The zero-order valence-electron chi connectivity index (χ0n) is 12.7. The molecular formula is C16H14F2N2O4. The Bertz CT molecular complexity index is 781. The van der Waals surface area contributed by atoms with E-state index < -0.39 is 28.0 Å². The first kappa shape index (κ1) is 17.3. The Hall–Kier alpha value is -3.03. The summed E-state index contributed by atoms with van der Waals surface area (Å²) in [6.07, 6.45) is 0.732. The number of hydrogen-bond donors (Lipinski definition) is 1. The van der Waals surface area contributed by atoms with Crippen LogP contribution in [0.4, 0.5) is 20.2 Å². The highest BCUT2D eigenvalue weighted by atomic mass is 19.1. The van der Waals surface area contributed by atoms with Gasteiger partial charge in [0.1, 0.15) is 23.1 Å². The Labute approximate surface area is 136 Å². The van der Waals surface area contributed by atoms with Crippen molar-refractivity contribution >= 4 is 17.3 Å². The number of hydrogen-bond acceptors (Lipinski definition) is 4. The number of nitrogens with one attached hydrogen (secondary N) is 1. The first-order chi connectivity index (χ1) is 11.4. The molecule has 1 N–H and O–H groups in total. The van der Waals surface area contributed by atoms with Crippen LogP contribution >= 0.6 is 0 Å². The number of nitro groups is 1. The number of carbonyl (C=O) groups is 1. The maximum Gasteiger partial charge on any atom is 0.296 e. The number of carbonyl (C=O) groups excluding carboxylic acids is 1. The number of amides is 1. The Morgan fingerprint density at radius 3 is 2.62 bits per heavy atom. The predicted octanol–water partition coefficient (Wildman–Crippen LogP) is 3.91. The first-order valence-corrected chi connectivity index (χ1v) is 7.10. The molecule has 0 spiro atoms. The molecule has 0 fully saturated rings. The molecule has 6 nitrogen and oxygen atoms in total. The maximum absolute atomic E-state index is 13.6. The summed E-state index contributed by atoms with van der Waals surface area (Å²) in [7, 11) is 0. The number of ether oxygens (including phenoxy) is 1. The molecule has 0 radical (unpaired) electrons. The van der Waals surface area contributed by atoms with E-state index in [0.29, 0.717) is 12.7 Å². The summed E-state index contributed by atoms with van der Waals surface area (Å²) in [6, 6.07) is 6.37. The summed E-state index contributed by atoms with van der Waals surface area (Å²) >= 11 is 0. The fourth-order valence-corrected chi connectivity index (χ4v) is 1.94. The molecule has 0 heterocycles. The van der Waals surface area contributed by atoms with Crippen molar-refractivity contribution in [3.8, 4) is 5.75 Å². The van der Waals surface area contributed by atoms with Crippen LogP contribution in [0.5, 0.6) is 5.75 Å². The summed E-state index contributed by atoms with van der Waals surface area (Å²) in [5, 5.41) is 13.4. The molecule has 2 aromatic rings. The van der Waals surface area contributed by atoms with E-state index in [0.717, 1.165) is 18.6 Å². The monoisotopic (exact) mass is 336 g/mol. The molecule has 126 valence electrons. The summed E-state index contributed by atoms with van der Waals surface area (Å²) in [4.78, 5) is 22.5. The molecule has 0 atom stereocenters. The fourth-order valence-electron chi connectivity index (χ4n) is 1.94. The summed E-state index contributed by atoms with van der Waals surface area (Å²) in [5.74, 6) is -2.52. The number of anilines is 1. The van der Waals surface area contributed by atoms with Gasteiger partial charge in [-0.05, 0) is 30.7 Å². The van der Waals surface area contributed by atoms with Gasteiger partial charge in [0.15, 0.2) is 0 Å². The van der Waals surface area contributed by atoms with Gasteiger partial charge in [-0.3, -0.25) is 14.9 Å². The second-order valence-corrected chi connectivity index (χ2v) is 4.86. The SMILES string of the molecule is CCCOc1ccc(NC(=O)c2ccc(F)cc2F)c([N+](=O)[O-])c1. The number of halogens is 2. The van der Waals surface area contributed by atoms with E-state index in [4.69, 9.17) is 4.74 Å². The van der Waals surface area contributed by atoms with Crippen LogP contribution in [0.3, 0.4) is 0 Å². The standard InChI is InChI=1S/C16H14F2N2O4/c1-2-7-24-11-4-6-14(15(9-11)20(22)23)19-16(21)12-5-3-10(17)8-13(12)18/h3-6,8-9H,2,7H2,1H3,(H,19,21). The van der Waals surface area contributed by atoms with E-state index >= 15 is 0 Å². The lowest BCUT2D eigenvalue weighted by Crippen LogP contribution is -2.15. The van der Waals surface area contributed by atoms with Gasteiger partial charge in [-0.25, -0.2) is 8.78 Å². The normalized spacial score (nSPS) is 10.3. The second-order valence-electron chi connectivity index (χ2n) is 4.86. The Balaban J connectivity index is 2.27. The van der Waals surface area contributed by atoms with Crippen molar-refractivity contribution in [2.75, 3.05) is 11.9 Å². The third-order valence-electron chi connectivity index (χ3n) is 3.06. The number of benzene rings is 2. The van der Waals surface area contributed by atoms with Crippen LogP contribution < -0.4 is 10.1 Å². The lowest BCUT2D eigenvalue weighted by atomic mass is 10.1. The van der Waals surface area contributed by atoms with Crippen LogP contribution in [0.1, 0.15) is 23.7 Å². The largest absolute Gasteiger partial charge is 0.493 e. The Morgan fingerprint density at radius 1 is 1.25 bits per heavy atom. The molecule has 0 unspecified atom stereocenters. The van der Waals surface area contributed by atoms with Crippen molar-refractivity contribution in [2.24, 2.45) is 0 Å². The third kappa shape index (κ3) is 4.03. The molecule has 2 rings (SSSR count). The van der Waals surface area contributed by atoms with Crippen LogP contribution in [-0.2, 0) is 0 Å². The minimum absolute atomic E-state index is 0.113. The van der Waals surface area contributed by atoms with Crippen molar-refractivity contribution in [3.05, 3.63) is 63.7 Å². The molecule has 8 heteroatoms. The van der Waals surface area contributed by atoms with Gasteiger partial charge in [-0.2, -0.15) is 0 Å². The minimum Gasteiger partial charge on any atom is -0.493 e. The quantitative estimate of drug-likeness (QED) is 0.640. The molecule has 0 aromatic heterocycles. The van der Waals surface area contributed by atoms with Crippen LogP contribution in [-0.4, -0.2) is 17.4 Å². The van der Waals surface area contributed by atoms with Gasteiger partial charge < -0.3 is 10.1 Å². The molecule has 0 saturated heterocycles. The zero-order valence-corrected chi connectivity index (χ0v) is 12.7. The fraction of sp³-hybridized carbons (Fsp3) is 0.188. The van der Waals surface area contributed by atoms with Crippen molar-refractivity contribution in [2.45, 2.75) is 13.3 Å². The zero-order chi connectivity index (χ0) is 17.7. The number of nitrogens with zero attached hydrogens (tertiary/aromatic N) is 1. The molecular weight excluding hydrogens is 322 g/mol. The van der Waals surface area contributed by atoms with E-state index in [2.05, 4.69) is 5.32 Å². The average Bonchev–Trinajstić information content (AvgIpc) is 2.53. The van der Waals surface area contributed by atoms with Crippen LogP contribution in [0.15, 0.2) is 36.4 Å². The molecule has 2 aromatic carbocycles. The van der Waals surface area contributed by atoms with E-state index in [1.54, 1.807) is 0 Å². The van der Waals surface area contributed by atoms with Crippen molar-refractivity contribution in [3.63, 3.8) is 0 Å². The van der Waals surface area contributed by atoms with E-state index in [9.17, 15) is 23.7 Å². The van der Waals surface area contributed by atoms with Gasteiger partial charge >= 0.3 is 0 Å². The van der Waals surface area contributed by atoms with Crippen LogP contribution in [0.2, 0.25) is 0 Å². The highest BCUT2D eigenvalue weighted by molar-refractivity contribution is 6.05. The molecule has 0 aliphatic carbocycles. The van der Waals surface area contributed by atoms with Gasteiger partial charge in [0.05, 0.1) is 23.2 Å². The van der Waals surface area contributed by atoms with Gasteiger partial charge in [-0.1, -0.05) is 6.92 Å². The van der Waals surface area contributed by atoms with Crippen molar-refractivity contribution < 1.29 is 23.2 Å². The Morgan fingerprint density at radius 2 is 2.00 bits per heavy atom. The predicted molar refractivity (Wildman–Crippen MR) is 83.2 cm³/mol. The molecule has 1 amide bonds. The van der Waals surface area contributed by atoms with E-state index in [-0.39, 0.29) is 17.1 Å². The molecule has 24 heavy (non-hydrogen) atoms. The van der Waals surface area contributed by atoms with Crippen LogP contribution in [0.25, 0.3) is 0 Å².